The van der Waals surface area contributed by atoms with E-state index in [0.717, 1.165) is 0 Å². The van der Waals surface area contributed by atoms with Gasteiger partial charge in [0.2, 0.25) is 0 Å². The standard InChI is InChI=1S/C14H26N2O5/c1-7-11(8-2)12(17)16(14(19)21-10(5)6)15-13(18)20-9(3)4/h9-11H,7-8H2,1-6H3,(H,15,18). The van der Waals surface area contributed by atoms with Crippen LogP contribution in [0.15, 0.2) is 0 Å². The number of ether oxygens (including phenoxy) is 2. The molecule has 7 heteroatoms. The highest BCUT2D eigenvalue weighted by molar-refractivity contribution is 5.94. The van der Waals surface area contributed by atoms with Gasteiger partial charge >= 0.3 is 12.2 Å². The summed E-state index contributed by atoms with van der Waals surface area (Å²) in [6.07, 6.45) is -1.44. The van der Waals surface area contributed by atoms with Gasteiger partial charge in [0, 0.05) is 5.92 Å². The molecule has 0 bridgehead atoms. The summed E-state index contributed by atoms with van der Waals surface area (Å²) in [5.41, 5.74) is 2.15. The molecule has 0 fully saturated rings. The van der Waals surface area contributed by atoms with Crippen LogP contribution in [-0.2, 0) is 14.3 Å². The van der Waals surface area contributed by atoms with E-state index in [2.05, 4.69) is 5.43 Å². The van der Waals surface area contributed by atoms with E-state index < -0.39 is 24.2 Å². The Balaban J connectivity index is 5.04. The topological polar surface area (TPSA) is 84.9 Å². The fourth-order valence-electron chi connectivity index (χ4n) is 1.60. The lowest BCUT2D eigenvalue weighted by Gasteiger charge is -2.25. The molecule has 0 aromatic rings. The Morgan fingerprint density at radius 2 is 1.43 bits per heavy atom. The summed E-state index contributed by atoms with van der Waals surface area (Å²) in [6, 6.07) is 0. The highest BCUT2D eigenvalue weighted by Crippen LogP contribution is 2.12. The maximum atomic E-state index is 12.3. The van der Waals surface area contributed by atoms with Crippen LogP contribution in [0.4, 0.5) is 9.59 Å². The van der Waals surface area contributed by atoms with Crippen LogP contribution >= 0.6 is 0 Å². The van der Waals surface area contributed by atoms with Crippen molar-refractivity contribution < 1.29 is 23.9 Å². The molecule has 0 saturated heterocycles. The van der Waals surface area contributed by atoms with Gasteiger partial charge in [-0.3, -0.25) is 4.79 Å². The predicted octanol–water partition coefficient (Wildman–Crippen LogP) is 2.85. The SMILES string of the molecule is CCC(CC)C(=O)N(NC(=O)OC(C)C)C(=O)OC(C)C. The Kier molecular flexibility index (Phi) is 8.42. The molecule has 0 aliphatic carbocycles. The normalized spacial score (nSPS) is 10.7. The molecule has 0 aliphatic heterocycles. The van der Waals surface area contributed by atoms with Crippen LogP contribution in [0.1, 0.15) is 54.4 Å². The van der Waals surface area contributed by atoms with Crippen molar-refractivity contribution in [2.75, 3.05) is 0 Å². The van der Waals surface area contributed by atoms with Crippen molar-refractivity contribution in [3.8, 4) is 0 Å². The van der Waals surface area contributed by atoms with E-state index in [0.29, 0.717) is 17.9 Å². The summed E-state index contributed by atoms with van der Waals surface area (Å²) in [7, 11) is 0. The fraction of sp³-hybridized carbons (Fsp3) is 0.786. The van der Waals surface area contributed by atoms with E-state index >= 15 is 0 Å². The molecule has 0 unspecified atom stereocenters. The van der Waals surface area contributed by atoms with Gasteiger partial charge in [-0.1, -0.05) is 13.8 Å². The lowest BCUT2D eigenvalue weighted by atomic mass is 10.0. The third kappa shape index (κ3) is 6.97. The molecule has 0 spiro atoms. The molecule has 0 aromatic carbocycles. The molecule has 1 N–H and O–H groups in total. The van der Waals surface area contributed by atoms with Gasteiger partial charge in [0.1, 0.15) is 0 Å². The first-order chi connectivity index (χ1) is 9.72. The average Bonchev–Trinajstić information content (AvgIpc) is 2.35. The van der Waals surface area contributed by atoms with Gasteiger partial charge in [0.25, 0.3) is 5.91 Å². The molecule has 7 nitrogen and oxygen atoms in total. The molecule has 0 heterocycles. The van der Waals surface area contributed by atoms with E-state index in [1.54, 1.807) is 27.7 Å². The molecule has 0 atom stereocenters. The van der Waals surface area contributed by atoms with Crippen LogP contribution in [0.3, 0.4) is 0 Å². The third-order valence-electron chi connectivity index (χ3n) is 2.62. The Hall–Kier alpha value is -1.79. The number of carbonyl (C=O) groups is 3. The molecule has 0 radical (unpaired) electrons. The van der Waals surface area contributed by atoms with Crippen LogP contribution in [0.2, 0.25) is 0 Å². The summed E-state index contributed by atoms with van der Waals surface area (Å²) < 4.78 is 9.86. The first kappa shape index (κ1) is 19.2. The van der Waals surface area contributed by atoms with Gasteiger partial charge < -0.3 is 9.47 Å². The van der Waals surface area contributed by atoms with E-state index in [1.807, 2.05) is 13.8 Å². The second-order valence-electron chi connectivity index (χ2n) is 5.19. The first-order valence-corrected chi connectivity index (χ1v) is 7.24. The number of hydrogen-bond donors (Lipinski definition) is 1. The zero-order chi connectivity index (χ0) is 16.6. The number of hydrazine groups is 1. The first-order valence-electron chi connectivity index (χ1n) is 7.24. The lowest BCUT2D eigenvalue weighted by molar-refractivity contribution is -0.136. The summed E-state index contributed by atoms with van der Waals surface area (Å²) in [5.74, 6) is -0.879. The van der Waals surface area contributed by atoms with Crippen molar-refractivity contribution in [2.24, 2.45) is 5.92 Å². The van der Waals surface area contributed by atoms with Gasteiger partial charge in [-0.15, -0.1) is 5.01 Å². The predicted molar refractivity (Wildman–Crippen MR) is 77.3 cm³/mol. The summed E-state index contributed by atoms with van der Waals surface area (Å²) in [4.78, 5) is 35.9. The minimum absolute atomic E-state index is 0.365. The highest BCUT2D eigenvalue weighted by atomic mass is 16.6. The van der Waals surface area contributed by atoms with Crippen molar-refractivity contribution in [1.82, 2.24) is 10.4 Å². The van der Waals surface area contributed by atoms with Gasteiger partial charge in [0.15, 0.2) is 0 Å². The zero-order valence-corrected chi connectivity index (χ0v) is 13.6. The Bertz CT molecular complexity index is 364. The van der Waals surface area contributed by atoms with Gasteiger partial charge in [-0.2, -0.15) is 0 Å². The second-order valence-corrected chi connectivity index (χ2v) is 5.19. The molecular formula is C14H26N2O5. The van der Waals surface area contributed by atoms with Crippen molar-refractivity contribution in [1.29, 1.82) is 0 Å². The maximum Gasteiger partial charge on any atom is 0.436 e. The van der Waals surface area contributed by atoms with E-state index in [1.165, 1.54) is 0 Å². The average molecular weight is 302 g/mol. The molecule has 122 valence electrons. The van der Waals surface area contributed by atoms with Crippen LogP contribution in [0, 0.1) is 5.92 Å². The molecule has 0 aromatic heterocycles. The number of rotatable bonds is 5. The monoisotopic (exact) mass is 302 g/mol. The number of nitrogens with zero attached hydrogens (tertiary/aromatic N) is 1. The molecule has 21 heavy (non-hydrogen) atoms. The molecule has 0 saturated carbocycles. The number of carbonyl (C=O) groups excluding carboxylic acids is 3. The number of hydrogen-bond acceptors (Lipinski definition) is 5. The maximum absolute atomic E-state index is 12.3. The molecule has 0 aliphatic rings. The largest absolute Gasteiger partial charge is 0.446 e. The third-order valence-corrected chi connectivity index (χ3v) is 2.62. The van der Waals surface area contributed by atoms with Crippen LogP contribution in [-0.4, -0.2) is 35.3 Å². The Morgan fingerprint density at radius 1 is 0.952 bits per heavy atom. The van der Waals surface area contributed by atoms with E-state index in [-0.39, 0.29) is 12.0 Å². The van der Waals surface area contributed by atoms with E-state index in [4.69, 9.17) is 9.47 Å². The zero-order valence-electron chi connectivity index (χ0n) is 13.6. The van der Waals surface area contributed by atoms with Gasteiger partial charge in [0.05, 0.1) is 12.2 Å². The summed E-state index contributed by atoms with van der Waals surface area (Å²) >= 11 is 0. The van der Waals surface area contributed by atoms with E-state index in [9.17, 15) is 14.4 Å². The Labute approximate surface area is 125 Å². The van der Waals surface area contributed by atoms with Crippen molar-refractivity contribution in [3.63, 3.8) is 0 Å². The van der Waals surface area contributed by atoms with Crippen molar-refractivity contribution in [3.05, 3.63) is 0 Å². The fourth-order valence-corrected chi connectivity index (χ4v) is 1.60. The molecule has 3 amide bonds. The minimum atomic E-state index is -0.914. The van der Waals surface area contributed by atoms with Gasteiger partial charge in [-0.25, -0.2) is 15.0 Å². The van der Waals surface area contributed by atoms with Crippen molar-refractivity contribution in [2.45, 2.75) is 66.6 Å². The number of imide groups is 1. The molecular weight excluding hydrogens is 276 g/mol. The van der Waals surface area contributed by atoms with Crippen LogP contribution < -0.4 is 5.43 Å². The van der Waals surface area contributed by atoms with Crippen LogP contribution in [0.5, 0.6) is 0 Å². The minimum Gasteiger partial charge on any atom is -0.446 e. The smallest absolute Gasteiger partial charge is 0.436 e. The Morgan fingerprint density at radius 3 is 1.81 bits per heavy atom. The van der Waals surface area contributed by atoms with Gasteiger partial charge in [-0.05, 0) is 40.5 Å². The second kappa shape index (κ2) is 9.20. The number of amides is 3. The van der Waals surface area contributed by atoms with Crippen LogP contribution in [0.25, 0.3) is 0 Å². The van der Waals surface area contributed by atoms with Crippen molar-refractivity contribution >= 4 is 18.1 Å². The summed E-state index contributed by atoms with van der Waals surface area (Å²) in [5, 5.41) is 0.600. The summed E-state index contributed by atoms with van der Waals surface area (Å²) in [6.45, 7) is 10.3. The quantitative estimate of drug-likeness (QED) is 0.789. The lowest BCUT2D eigenvalue weighted by Crippen LogP contribution is -2.53. The number of nitrogens with one attached hydrogen (secondary N) is 1. The molecule has 0 rings (SSSR count). The highest BCUT2D eigenvalue weighted by Gasteiger charge is 2.31.